The number of fused-ring (bicyclic) bond motifs is 2. The van der Waals surface area contributed by atoms with E-state index in [-0.39, 0.29) is 53.1 Å². The molecule has 3 aliphatic rings. The van der Waals surface area contributed by atoms with E-state index in [4.69, 9.17) is 31.5 Å². The van der Waals surface area contributed by atoms with Crippen molar-refractivity contribution in [3.8, 4) is 28.8 Å². The number of rotatable bonds is 10. The number of nitrogens with zero attached hydrogens (tertiary/aromatic N) is 4. The number of carbonyl (C=O) groups excluding carboxylic acids is 2. The van der Waals surface area contributed by atoms with Gasteiger partial charge in [0.25, 0.3) is 5.91 Å². The fourth-order valence-corrected chi connectivity index (χ4v) is 6.27. The van der Waals surface area contributed by atoms with Crippen LogP contribution in [-0.4, -0.2) is 69.5 Å². The first kappa shape index (κ1) is 30.2. The molecule has 4 aromatic heterocycles. The van der Waals surface area contributed by atoms with Crippen molar-refractivity contribution in [1.82, 2.24) is 24.9 Å². The van der Waals surface area contributed by atoms with Crippen molar-refractivity contribution < 1.29 is 33.3 Å². The summed E-state index contributed by atoms with van der Waals surface area (Å²) in [5.74, 6) is -0.175. The number of hydrogen-bond acceptors (Lipinski definition) is 9. The van der Waals surface area contributed by atoms with Gasteiger partial charge in [-0.15, -0.1) is 0 Å². The lowest BCUT2D eigenvalue weighted by Gasteiger charge is -2.33. The number of aliphatic hydroxyl groups is 1. The molecule has 2 aliphatic carbocycles. The third kappa shape index (κ3) is 4.63. The van der Waals surface area contributed by atoms with Gasteiger partial charge < -0.3 is 30.4 Å². The van der Waals surface area contributed by atoms with E-state index < -0.39 is 35.0 Å². The zero-order valence-corrected chi connectivity index (χ0v) is 26.2. The highest BCUT2D eigenvalue weighted by atomic mass is 35.5. The number of alkyl halides is 1. The van der Waals surface area contributed by atoms with Crippen LogP contribution in [0.2, 0.25) is 5.02 Å². The Hall–Kier alpha value is -4.49. The molecule has 240 valence electrons. The third-order valence-electron chi connectivity index (χ3n) is 9.29. The van der Waals surface area contributed by atoms with Crippen molar-refractivity contribution in [3.63, 3.8) is 0 Å². The highest BCUT2D eigenvalue weighted by Crippen LogP contribution is 2.55. The normalized spacial score (nSPS) is 20.8. The van der Waals surface area contributed by atoms with E-state index in [0.29, 0.717) is 28.4 Å². The minimum absolute atomic E-state index is 0.0282. The Balaban J connectivity index is 1.30. The van der Waals surface area contributed by atoms with E-state index in [1.54, 1.807) is 23.6 Å². The molecule has 0 saturated heterocycles. The summed E-state index contributed by atoms with van der Waals surface area (Å²) in [6, 6.07) is 8.11. The Bertz CT molecular complexity index is 1930. The number of halogens is 2. The summed E-state index contributed by atoms with van der Waals surface area (Å²) in [5, 5.41) is 19.6. The van der Waals surface area contributed by atoms with Crippen LogP contribution in [0, 0.1) is 0 Å². The summed E-state index contributed by atoms with van der Waals surface area (Å²) >= 11 is 6.62. The van der Waals surface area contributed by atoms with E-state index in [0.717, 1.165) is 18.5 Å². The van der Waals surface area contributed by atoms with Gasteiger partial charge in [0.2, 0.25) is 17.7 Å². The smallest absolute Gasteiger partial charge is 0.251 e. The van der Waals surface area contributed by atoms with Gasteiger partial charge in [-0.2, -0.15) is 5.10 Å². The molecule has 0 unspecified atom stereocenters. The fraction of sp³-hybridized carbons (Fsp3) is 0.406. The second-order valence-electron chi connectivity index (χ2n) is 12.4. The number of ether oxygens (including phenoxy) is 3. The first-order valence-corrected chi connectivity index (χ1v) is 15.2. The number of methoxy groups -OCH3 is 2. The van der Waals surface area contributed by atoms with Crippen molar-refractivity contribution >= 4 is 28.9 Å². The van der Waals surface area contributed by atoms with Crippen molar-refractivity contribution in [2.75, 3.05) is 27.4 Å². The topological polar surface area (TPSA) is 163 Å². The van der Waals surface area contributed by atoms with Gasteiger partial charge in [0, 0.05) is 34.9 Å². The first-order chi connectivity index (χ1) is 21.9. The number of carbonyl (C=O) groups is 2. The van der Waals surface area contributed by atoms with Crippen molar-refractivity contribution in [1.29, 1.82) is 0 Å². The summed E-state index contributed by atoms with van der Waals surface area (Å²) in [6.45, 7) is 0.962. The number of primary amides is 1. The summed E-state index contributed by atoms with van der Waals surface area (Å²) in [5.41, 5.74) is 2.56. The number of pyridine rings is 3. The van der Waals surface area contributed by atoms with Crippen LogP contribution in [0.4, 0.5) is 4.39 Å². The predicted octanol–water partition coefficient (Wildman–Crippen LogP) is 3.59. The number of hydrogen-bond donors (Lipinski definition) is 3. The Morgan fingerprint density at radius 3 is 2.65 bits per heavy atom. The number of amides is 2. The number of aromatic nitrogens is 4. The molecule has 12 nitrogen and oxygen atoms in total. The van der Waals surface area contributed by atoms with Crippen LogP contribution in [0.25, 0.3) is 16.8 Å². The second-order valence-corrected chi connectivity index (χ2v) is 12.8. The van der Waals surface area contributed by atoms with Gasteiger partial charge in [-0.25, -0.2) is 18.9 Å². The Kier molecular flexibility index (Phi) is 6.91. The molecular weight excluding hydrogens is 619 g/mol. The molecule has 7 rings (SSSR count). The standard InChI is InChI=1S/C32H32ClFN6O6/c1-30(29(35)42)15-46-26-20(30)13-22(38-25(26)19-6-9-36-28(45-3)24(19)33)32(43,31(34)7-8-31)14-37-27(41)17-10-18-12-21(16-4-5-16)39-40(18)23(11-17)44-2/h6,9-13,16,43H,4-5,7-8,14-15H2,1-3H3,(H2,35,42)(H,37,41)/t30-,32-/m0/s1. The van der Waals surface area contributed by atoms with Gasteiger partial charge in [-0.05, 0) is 56.9 Å². The van der Waals surface area contributed by atoms with Crippen LogP contribution < -0.4 is 25.3 Å². The molecule has 4 N–H and O–H groups in total. The minimum Gasteiger partial charge on any atom is -0.489 e. The highest BCUT2D eigenvalue weighted by molar-refractivity contribution is 6.34. The summed E-state index contributed by atoms with van der Waals surface area (Å²) in [7, 11) is 2.89. The molecule has 0 bridgehead atoms. The van der Waals surface area contributed by atoms with Gasteiger partial charge in [0.15, 0.2) is 5.60 Å². The molecule has 4 aromatic rings. The number of nitrogens with one attached hydrogen (secondary N) is 1. The van der Waals surface area contributed by atoms with E-state index in [9.17, 15) is 14.7 Å². The molecule has 2 fully saturated rings. The van der Waals surface area contributed by atoms with E-state index >= 15 is 4.39 Å². The SMILES string of the molecule is COc1nccc(-c2nc([C@@](O)(CNC(=O)c3cc(OC)n4nc(C5CC5)cc4c3)C3(F)CC3)cc3c2OC[C@]3(C)C(N)=O)c1Cl. The summed E-state index contributed by atoms with van der Waals surface area (Å²) in [4.78, 5) is 35.0. The lowest BCUT2D eigenvalue weighted by atomic mass is 9.81. The monoisotopic (exact) mass is 650 g/mol. The Morgan fingerprint density at radius 2 is 2.00 bits per heavy atom. The maximum absolute atomic E-state index is 16.3. The van der Waals surface area contributed by atoms with Crippen LogP contribution in [0.3, 0.4) is 0 Å². The van der Waals surface area contributed by atoms with Crippen LogP contribution in [0.5, 0.6) is 17.5 Å². The molecule has 5 heterocycles. The minimum atomic E-state index is -2.30. The van der Waals surface area contributed by atoms with Crippen molar-refractivity contribution in [2.45, 2.75) is 55.2 Å². The molecule has 2 atom stereocenters. The van der Waals surface area contributed by atoms with Crippen LogP contribution >= 0.6 is 11.6 Å². The molecule has 2 amide bonds. The average molecular weight is 651 g/mol. The van der Waals surface area contributed by atoms with Gasteiger partial charge in [-0.1, -0.05) is 11.6 Å². The van der Waals surface area contributed by atoms with Crippen LogP contribution in [-0.2, 0) is 15.8 Å². The molecule has 46 heavy (non-hydrogen) atoms. The maximum Gasteiger partial charge on any atom is 0.251 e. The quantitative estimate of drug-likeness (QED) is 0.233. The summed E-state index contributed by atoms with van der Waals surface area (Å²) < 4.78 is 34.6. The molecule has 0 radical (unpaired) electrons. The molecule has 0 spiro atoms. The van der Waals surface area contributed by atoms with Crippen molar-refractivity contribution in [3.05, 3.63) is 64.1 Å². The van der Waals surface area contributed by atoms with Gasteiger partial charge >= 0.3 is 0 Å². The zero-order chi connectivity index (χ0) is 32.6. The van der Waals surface area contributed by atoms with E-state index in [1.165, 1.54) is 32.5 Å². The second kappa shape index (κ2) is 10.5. The zero-order valence-electron chi connectivity index (χ0n) is 25.4. The maximum atomic E-state index is 16.3. The van der Waals surface area contributed by atoms with Crippen LogP contribution in [0.1, 0.15) is 65.8 Å². The highest BCUT2D eigenvalue weighted by Gasteiger charge is 2.62. The van der Waals surface area contributed by atoms with Gasteiger partial charge in [0.1, 0.15) is 34.2 Å². The van der Waals surface area contributed by atoms with E-state index in [2.05, 4.69) is 20.4 Å². The molecular formula is C32H32ClFN6O6. The van der Waals surface area contributed by atoms with Crippen LogP contribution in [0.15, 0.2) is 36.5 Å². The molecule has 0 aromatic carbocycles. The van der Waals surface area contributed by atoms with Crippen molar-refractivity contribution in [2.24, 2.45) is 5.73 Å². The first-order valence-electron chi connectivity index (χ1n) is 14.9. The molecule has 14 heteroatoms. The third-order valence-corrected chi connectivity index (χ3v) is 9.66. The van der Waals surface area contributed by atoms with E-state index in [1.807, 2.05) is 6.07 Å². The fourth-order valence-electron chi connectivity index (χ4n) is 5.99. The predicted molar refractivity (Wildman–Crippen MR) is 164 cm³/mol. The summed E-state index contributed by atoms with van der Waals surface area (Å²) in [6.07, 6.45) is 3.63. The van der Waals surface area contributed by atoms with Gasteiger partial charge in [0.05, 0.1) is 37.7 Å². The Labute approximate surface area is 268 Å². The number of nitrogens with two attached hydrogens (primary N) is 1. The lowest BCUT2D eigenvalue weighted by Crippen LogP contribution is -2.49. The largest absolute Gasteiger partial charge is 0.489 e. The molecule has 2 saturated carbocycles. The average Bonchev–Trinajstić information content (AvgIpc) is 3.97. The lowest BCUT2D eigenvalue weighted by molar-refractivity contribution is -0.123. The molecule has 1 aliphatic heterocycles. The Morgan fingerprint density at radius 1 is 1.24 bits per heavy atom. The van der Waals surface area contributed by atoms with Gasteiger partial charge in [-0.3, -0.25) is 9.59 Å².